The highest BCUT2D eigenvalue weighted by Gasteiger charge is 2.39. The first-order chi connectivity index (χ1) is 9.60. The van der Waals surface area contributed by atoms with E-state index >= 15 is 0 Å². The van der Waals surface area contributed by atoms with Crippen LogP contribution in [0.1, 0.15) is 38.8 Å². The van der Waals surface area contributed by atoms with Crippen LogP contribution in [-0.2, 0) is 17.6 Å². The quantitative estimate of drug-likeness (QED) is 0.810. The lowest BCUT2D eigenvalue weighted by Gasteiger charge is -2.38. The molecule has 0 radical (unpaired) electrons. The highest BCUT2D eigenvalue weighted by Crippen LogP contribution is 2.25. The highest BCUT2D eigenvalue weighted by molar-refractivity contribution is 6.60. The summed E-state index contributed by atoms with van der Waals surface area (Å²) in [5.41, 5.74) is 1.44. The predicted octanol–water partition coefficient (Wildman–Crippen LogP) is 0.928. The molecular weight excluding hydrogens is 265 g/mol. The lowest BCUT2D eigenvalue weighted by atomic mass is 9.75. The molecule has 1 aliphatic rings. The predicted molar refractivity (Wildman–Crippen MR) is 85.5 cm³/mol. The summed E-state index contributed by atoms with van der Waals surface area (Å²) in [6.07, 6.45) is 0.987. The second kappa shape index (κ2) is 5.73. The Labute approximate surface area is 127 Å². The Morgan fingerprint density at radius 1 is 1.19 bits per heavy atom. The van der Waals surface area contributed by atoms with Crippen LogP contribution in [0.4, 0.5) is 0 Å². The van der Waals surface area contributed by atoms with E-state index in [2.05, 4.69) is 18.0 Å². The molecule has 116 valence electrons. The number of benzene rings is 1. The molecule has 1 aromatic carbocycles. The molecule has 0 spiro atoms. The molecular formula is C16H26BNO3. The van der Waals surface area contributed by atoms with Crippen molar-refractivity contribution in [3.63, 3.8) is 0 Å². The van der Waals surface area contributed by atoms with Gasteiger partial charge in [0.15, 0.2) is 0 Å². The summed E-state index contributed by atoms with van der Waals surface area (Å²) < 4.78 is 5.70. The molecule has 2 rings (SSSR count). The molecule has 5 heteroatoms. The number of likely N-dealkylation sites (N-methyl/N-ethyl adjacent to an activating group) is 1. The Bertz CT molecular complexity index is 511. The van der Waals surface area contributed by atoms with Gasteiger partial charge < -0.3 is 19.7 Å². The highest BCUT2D eigenvalue weighted by atomic mass is 16.5. The Morgan fingerprint density at radius 2 is 1.86 bits per heavy atom. The Morgan fingerprint density at radius 3 is 2.48 bits per heavy atom. The summed E-state index contributed by atoms with van der Waals surface area (Å²) >= 11 is 0. The van der Waals surface area contributed by atoms with E-state index < -0.39 is 18.3 Å². The summed E-state index contributed by atoms with van der Waals surface area (Å²) in [5.74, 6) is 0. The maximum Gasteiger partial charge on any atom is 0.491 e. The van der Waals surface area contributed by atoms with Crippen LogP contribution < -0.4 is 5.46 Å². The molecule has 0 aliphatic carbocycles. The number of hydrogen-bond donors (Lipinski definition) is 2. The van der Waals surface area contributed by atoms with Gasteiger partial charge in [-0.25, -0.2) is 0 Å². The van der Waals surface area contributed by atoms with Gasteiger partial charge in [0.05, 0.1) is 11.2 Å². The van der Waals surface area contributed by atoms with Crippen LogP contribution in [0.5, 0.6) is 0 Å². The first-order valence-corrected chi connectivity index (χ1v) is 7.49. The second-order valence-corrected chi connectivity index (χ2v) is 7.06. The minimum Gasteiger partial charge on any atom is -0.423 e. The van der Waals surface area contributed by atoms with E-state index in [0.29, 0.717) is 0 Å². The first-order valence-electron chi connectivity index (χ1n) is 7.49. The zero-order chi connectivity index (χ0) is 15.8. The van der Waals surface area contributed by atoms with Crippen molar-refractivity contribution >= 4 is 12.6 Å². The Balaban J connectivity index is 2.16. The van der Waals surface area contributed by atoms with Gasteiger partial charge in [-0.1, -0.05) is 18.2 Å². The van der Waals surface area contributed by atoms with Crippen molar-refractivity contribution in [1.82, 2.24) is 4.90 Å². The molecule has 0 saturated carbocycles. The Kier molecular flexibility index (Phi) is 4.50. The van der Waals surface area contributed by atoms with Crippen LogP contribution in [0.15, 0.2) is 18.2 Å². The van der Waals surface area contributed by atoms with Gasteiger partial charge in [0.25, 0.3) is 0 Å². The summed E-state index contributed by atoms with van der Waals surface area (Å²) in [6.45, 7) is 8.91. The minimum atomic E-state index is -1.04. The molecule has 0 aromatic heterocycles. The van der Waals surface area contributed by atoms with E-state index in [0.717, 1.165) is 25.0 Å². The van der Waals surface area contributed by atoms with Gasteiger partial charge in [-0.15, -0.1) is 0 Å². The molecule has 0 unspecified atom stereocenters. The maximum absolute atomic E-state index is 10.3. The maximum atomic E-state index is 10.3. The third kappa shape index (κ3) is 3.66. The van der Waals surface area contributed by atoms with Gasteiger partial charge >= 0.3 is 7.12 Å². The lowest BCUT2D eigenvalue weighted by molar-refractivity contribution is -0.0982. The van der Waals surface area contributed by atoms with Gasteiger partial charge in [0.1, 0.15) is 0 Å². The Hall–Kier alpha value is -0.875. The van der Waals surface area contributed by atoms with Crippen LogP contribution in [0, 0.1) is 0 Å². The molecule has 0 saturated heterocycles. The summed E-state index contributed by atoms with van der Waals surface area (Å²) in [5, 5.41) is 20.5. The van der Waals surface area contributed by atoms with E-state index in [9.17, 15) is 10.1 Å². The van der Waals surface area contributed by atoms with Crippen molar-refractivity contribution in [2.45, 2.75) is 51.9 Å². The molecule has 21 heavy (non-hydrogen) atoms. The summed E-state index contributed by atoms with van der Waals surface area (Å²) in [7, 11) is 1.08. The van der Waals surface area contributed by atoms with Crippen LogP contribution in [-0.4, -0.2) is 46.9 Å². The van der Waals surface area contributed by atoms with Crippen molar-refractivity contribution in [2.75, 3.05) is 13.6 Å². The number of aliphatic hydroxyl groups is 1. The van der Waals surface area contributed by atoms with Crippen molar-refractivity contribution in [3.8, 4) is 0 Å². The number of hydrogen-bond acceptors (Lipinski definition) is 4. The zero-order valence-corrected chi connectivity index (χ0v) is 13.7. The molecule has 1 heterocycles. The largest absolute Gasteiger partial charge is 0.491 e. The molecule has 1 aromatic rings. The van der Waals surface area contributed by atoms with Crippen LogP contribution in [0.25, 0.3) is 0 Å². The van der Waals surface area contributed by atoms with Crippen LogP contribution in [0.2, 0.25) is 0 Å². The minimum absolute atomic E-state index is 0.746. The molecule has 1 aliphatic heterocycles. The van der Waals surface area contributed by atoms with E-state index in [4.69, 9.17) is 4.65 Å². The molecule has 0 amide bonds. The van der Waals surface area contributed by atoms with E-state index in [-0.39, 0.29) is 0 Å². The number of fused-ring (bicyclic) bond motifs is 1. The van der Waals surface area contributed by atoms with E-state index in [1.54, 1.807) is 27.7 Å². The third-order valence-electron chi connectivity index (χ3n) is 4.60. The van der Waals surface area contributed by atoms with Crippen molar-refractivity contribution in [2.24, 2.45) is 0 Å². The topological polar surface area (TPSA) is 52.9 Å². The normalized spacial score (nSPS) is 16.7. The standard InChI is InChI=1S/C16H26BNO3/c1-15(2,19)16(3,4)21-17(20)14-7-6-13-11-18(5)9-8-12(13)10-14/h6-7,10,19-20H,8-9,11H2,1-5H3. The van der Waals surface area contributed by atoms with E-state index in [1.165, 1.54) is 11.1 Å². The van der Waals surface area contributed by atoms with Gasteiger partial charge in [-0.05, 0) is 57.8 Å². The second-order valence-electron chi connectivity index (χ2n) is 7.06. The summed E-state index contributed by atoms with van der Waals surface area (Å²) in [6, 6.07) is 5.99. The van der Waals surface area contributed by atoms with Gasteiger partial charge in [-0.3, -0.25) is 0 Å². The first kappa shape index (κ1) is 16.5. The van der Waals surface area contributed by atoms with Gasteiger partial charge in [0.2, 0.25) is 0 Å². The zero-order valence-electron chi connectivity index (χ0n) is 13.7. The average Bonchev–Trinajstić information content (AvgIpc) is 2.36. The molecule has 0 bridgehead atoms. The fourth-order valence-electron chi connectivity index (χ4n) is 2.36. The lowest BCUT2D eigenvalue weighted by Crippen LogP contribution is -2.53. The molecule has 0 atom stereocenters. The molecule has 4 nitrogen and oxygen atoms in total. The van der Waals surface area contributed by atoms with Crippen LogP contribution >= 0.6 is 0 Å². The van der Waals surface area contributed by atoms with Gasteiger partial charge in [0, 0.05) is 13.1 Å². The van der Waals surface area contributed by atoms with Crippen molar-refractivity contribution in [1.29, 1.82) is 0 Å². The monoisotopic (exact) mass is 291 g/mol. The van der Waals surface area contributed by atoms with Crippen LogP contribution in [0.3, 0.4) is 0 Å². The van der Waals surface area contributed by atoms with Crippen molar-refractivity contribution in [3.05, 3.63) is 29.3 Å². The average molecular weight is 291 g/mol. The molecule has 0 fully saturated rings. The van der Waals surface area contributed by atoms with Crippen molar-refractivity contribution < 1.29 is 14.8 Å². The molecule has 2 N–H and O–H groups in total. The van der Waals surface area contributed by atoms with E-state index in [1.807, 2.05) is 12.1 Å². The van der Waals surface area contributed by atoms with Gasteiger partial charge in [-0.2, -0.15) is 0 Å². The third-order valence-corrected chi connectivity index (χ3v) is 4.60. The fourth-order valence-corrected chi connectivity index (χ4v) is 2.36. The smallest absolute Gasteiger partial charge is 0.423 e. The number of rotatable bonds is 4. The fraction of sp³-hybridized carbons (Fsp3) is 0.625. The summed E-state index contributed by atoms with van der Waals surface area (Å²) in [4.78, 5) is 2.28. The SMILES string of the molecule is CN1CCc2cc(B(O)OC(C)(C)C(C)(C)O)ccc2C1. The number of nitrogens with zero attached hydrogens (tertiary/aromatic N) is 1.